The van der Waals surface area contributed by atoms with Gasteiger partial charge in [-0.25, -0.2) is 0 Å². The molecule has 1 heterocycles. The van der Waals surface area contributed by atoms with Crippen LogP contribution in [0.2, 0.25) is 5.02 Å². The topological polar surface area (TPSA) is 50.8 Å². The number of benzene rings is 2. The molecule has 28 heavy (non-hydrogen) atoms. The van der Waals surface area contributed by atoms with Crippen LogP contribution < -0.4 is 14.8 Å². The van der Waals surface area contributed by atoms with Crippen LogP contribution >= 0.6 is 11.6 Å². The Kier molecular flexibility index (Phi) is 7.57. The summed E-state index contributed by atoms with van der Waals surface area (Å²) in [5.41, 5.74) is 1.25. The minimum atomic E-state index is 0.0817. The van der Waals surface area contributed by atoms with Gasteiger partial charge in [0, 0.05) is 23.6 Å². The molecule has 0 radical (unpaired) electrons. The highest BCUT2D eigenvalue weighted by molar-refractivity contribution is 6.30. The molecule has 3 rings (SSSR count). The molecule has 0 bridgehead atoms. The van der Waals surface area contributed by atoms with E-state index in [1.165, 1.54) is 5.56 Å². The van der Waals surface area contributed by atoms with E-state index in [1.807, 2.05) is 36.4 Å². The van der Waals surface area contributed by atoms with Gasteiger partial charge in [0.25, 0.3) is 0 Å². The van der Waals surface area contributed by atoms with Crippen molar-refractivity contribution in [1.82, 2.24) is 10.2 Å². The van der Waals surface area contributed by atoms with Crippen LogP contribution in [0.4, 0.5) is 0 Å². The second-order valence-electron chi connectivity index (χ2n) is 7.00. The number of hydrogen-bond donors (Lipinski definition) is 1. The summed E-state index contributed by atoms with van der Waals surface area (Å²) in [6, 6.07) is 15.4. The molecule has 0 saturated carbocycles. The van der Waals surface area contributed by atoms with E-state index in [0.717, 1.165) is 49.0 Å². The Labute approximate surface area is 171 Å². The lowest BCUT2D eigenvalue weighted by molar-refractivity contribution is -0.126. The van der Waals surface area contributed by atoms with Gasteiger partial charge < -0.3 is 14.8 Å². The minimum absolute atomic E-state index is 0.0817. The molecule has 2 aromatic carbocycles. The number of nitrogens with one attached hydrogen (secondary N) is 1. The summed E-state index contributed by atoms with van der Waals surface area (Å²) < 4.78 is 10.8. The number of amides is 1. The van der Waals surface area contributed by atoms with Gasteiger partial charge in [-0.15, -0.1) is 0 Å². The van der Waals surface area contributed by atoms with Crippen molar-refractivity contribution in [3.8, 4) is 11.5 Å². The largest absolute Gasteiger partial charge is 0.497 e. The van der Waals surface area contributed by atoms with Crippen LogP contribution in [0.15, 0.2) is 48.5 Å². The van der Waals surface area contributed by atoms with Crippen molar-refractivity contribution >= 4 is 17.5 Å². The van der Waals surface area contributed by atoms with Crippen molar-refractivity contribution in [1.29, 1.82) is 0 Å². The zero-order valence-corrected chi connectivity index (χ0v) is 17.0. The average molecular weight is 403 g/mol. The lowest BCUT2D eigenvalue weighted by Crippen LogP contribution is -2.41. The monoisotopic (exact) mass is 402 g/mol. The van der Waals surface area contributed by atoms with Crippen molar-refractivity contribution in [2.75, 3.05) is 33.4 Å². The highest BCUT2D eigenvalue weighted by Gasteiger charge is 2.24. The van der Waals surface area contributed by atoms with Crippen LogP contribution in [0.3, 0.4) is 0 Å². The van der Waals surface area contributed by atoms with Crippen LogP contribution in [-0.2, 0) is 11.3 Å². The number of ether oxygens (including phenoxy) is 2. The van der Waals surface area contributed by atoms with Crippen LogP contribution in [-0.4, -0.2) is 44.2 Å². The number of methoxy groups -OCH3 is 1. The van der Waals surface area contributed by atoms with Gasteiger partial charge in [-0.2, -0.15) is 0 Å². The second kappa shape index (κ2) is 10.3. The summed E-state index contributed by atoms with van der Waals surface area (Å²) in [6.07, 6.45) is 1.77. The highest BCUT2D eigenvalue weighted by Crippen LogP contribution is 2.20. The Bertz CT molecular complexity index is 759. The zero-order chi connectivity index (χ0) is 19.8. The first-order chi connectivity index (χ1) is 13.6. The number of piperidine rings is 1. The van der Waals surface area contributed by atoms with Crippen molar-refractivity contribution in [3.63, 3.8) is 0 Å². The van der Waals surface area contributed by atoms with E-state index < -0.39 is 0 Å². The molecule has 150 valence electrons. The summed E-state index contributed by atoms with van der Waals surface area (Å²) in [4.78, 5) is 14.8. The van der Waals surface area contributed by atoms with E-state index in [9.17, 15) is 4.79 Å². The van der Waals surface area contributed by atoms with Crippen LogP contribution in [0, 0.1) is 5.92 Å². The summed E-state index contributed by atoms with van der Waals surface area (Å²) >= 11 is 5.94. The Hall–Kier alpha value is -2.24. The first-order valence-electron chi connectivity index (χ1n) is 9.65. The first-order valence-corrected chi connectivity index (χ1v) is 10.0. The van der Waals surface area contributed by atoms with E-state index >= 15 is 0 Å². The molecule has 5 nitrogen and oxygen atoms in total. The molecule has 2 aromatic rings. The van der Waals surface area contributed by atoms with Crippen molar-refractivity contribution in [2.24, 2.45) is 5.92 Å². The van der Waals surface area contributed by atoms with Gasteiger partial charge in [0.15, 0.2) is 0 Å². The number of carbonyl (C=O) groups excluding carboxylic acids is 1. The summed E-state index contributed by atoms with van der Waals surface area (Å²) in [5, 5.41) is 3.75. The van der Waals surface area contributed by atoms with Crippen molar-refractivity contribution in [3.05, 3.63) is 59.1 Å². The molecule has 0 unspecified atom stereocenters. The normalized spacial score (nSPS) is 15.2. The molecule has 1 aliphatic rings. The van der Waals surface area contributed by atoms with E-state index in [4.69, 9.17) is 21.1 Å². The van der Waals surface area contributed by atoms with E-state index in [0.29, 0.717) is 13.2 Å². The lowest BCUT2D eigenvalue weighted by Gasteiger charge is -2.31. The van der Waals surface area contributed by atoms with Crippen molar-refractivity contribution < 1.29 is 14.3 Å². The van der Waals surface area contributed by atoms with Gasteiger partial charge in [-0.05, 0) is 55.8 Å². The number of likely N-dealkylation sites (tertiary alicyclic amines) is 1. The molecule has 6 heteroatoms. The molecule has 0 aliphatic carbocycles. The number of nitrogens with zero attached hydrogens (tertiary/aromatic N) is 1. The zero-order valence-electron chi connectivity index (χ0n) is 16.2. The molecule has 1 N–H and O–H groups in total. The predicted molar refractivity (Wildman–Crippen MR) is 111 cm³/mol. The molecular weight excluding hydrogens is 376 g/mol. The standard InChI is InChI=1S/C22H27ClN2O3/c1-27-20-3-2-4-21(15-20)28-14-11-24-22(26)18-9-12-25(13-10-18)16-17-5-7-19(23)8-6-17/h2-8,15,18H,9-14,16H2,1H3,(H,24,26). The molecule has 1 fully saturated rings. The van der Waals surface area contributed by atoms with Crippen molar-refractivity contribution in [2.45, 2.75) is 19.4 Å². The Balaban J connectivity index is 1.34. The maximum absolute atomic E-state index is 12.4. The van der Waals surface area contributed by atoms with Gasteiger partial charge in [0.05, 0.1) is 13.7 Å². The average Bonchev–Trinajstić information content (AvgIpc) is 2.73. The van der Waals surface area contributed by atoms with Gasteiger partial charge >= 0.3 is 0 Å². The third-order valence-electron chi connectivity index (χ3n) is 4.99. The summed E-state index contributed by atoms with van der Waals surface area (Å²) in [5.74, 6) is 1.70. The summed E-state index contributed by atoms with van der Waals surface area (Å²) in [6.45, 7) is 3.71. The van der Waals surface area contributed by atoms with Crippen LogP contribution in [0.25, 0.3) is 0 Å². The first kappa shape index (κ1) is 20.5. The molecule has 0 aromatic heterocycles. The number of hydrogen-bond acceptors (Lipinski definition) is 4. The third-order valence-corrected chi connectivity index (χ3v) is 5.24. The highest BCUT2D eigenvalue weighted by atomic mass is 35.5. The summed E-state index contributed by atoms with van der Waals surface area (Å²) in [7, 11) is 1.63. The molecule has 1 amide bonds. The molecule has 1 aliphatic heterocycles. The SMILES string of the molecule is COc1cccc(OCCNC(=O)C2CCN(Cc3ccc(Cl)cc3)CC2)c1. The van der Waals surface area contributed by atoms with Gasteiger partial charge in [0.2, 0.25) is 5.91 Å². The lowest BCUT2D eigenvalue weighted by atomic mass is 9.95. The maximum Gasteiger partial charge on any atom is 0.223 e. The quantitative estimate of drug-likeness (QED) is 0.683. The predicted octanol–water partition coefficient (Wildman–Crippen LogP) is 3.76. The fourth-order valence-corrected chi connectivity index (χ4v) is 3.51. The van der Waals surface area contributed by atoms with Gasteiger partial charge in [-0.3, -0.25) is 9.69 Å². The van der Waals surface area contributed by atoms with Crippen LogP contribution in [0.5, 0.6) is 11.5 Å². The molecule has 0 atom stereocenters. The second-order valence-corrected chi connectivity index (χ2v) is 7.43. The molecular formula is C22H27ClN2O3. The molecule has 0 spiro atoms. The smallest absolute Gasteiger partial charge is 0.223 e. The number of carbonyl (C=O) groups is 1. The minimum Gasteiger partial charge on any atom is -0.497 e. The fourth-order valence-electron chi connectivity index (χ4n) is 3.38. The number of halogens is 1. The number of rotatable bonds is 8. The fraction of sp³-hybridized carbons (Fsp3) is 0.409. The van der Waals surface area contributed by atoms with E-state index in [-0.39, 0.29) is 11.8 Å². The Morgan fingerprint density at radius 2 is 1.86 bits per heavy atom. The van der Waals surface area contributed by atoms with E-state index in [2.05, 4.69) is 22.3 Å². The third kappa shape index (κ3) is 6.14. The molecule has 1 saturated heterocycles. The van der Waals surface area contributed by atoms with Gasteiger partial charge in [0.1, 0.15) is 18.1 Å². The van der Waals surface area contributed by atoms with Gasteiger partial charge in [-0.1, -0.05) is 29.8 Å². The van der Waals surface area contributed by atoms with E-state index in [1.54, 1.807) is 7.11 Å². The maximum atomic E-state index is 12.4. The Morgan fingerprint density at radius 3 is 2.57 bits per heavy atom. The Morgan fingerprint density at radius 1 is 1.14 bits per heavy atom. The van der Waals surface area contributed by atoms with Crippen LogP contribution in [0.1, 0.15) is 18.4 Å².